The summed E-state index contributed by atoms with van der Waals surface area (Å²) < 4.78 is 0. The number of likely N-dealkylation sites (tertiary alicyclic amines) is 1. The van der Waals surface area contributed by atoms with Crippen LogP contribution in [0.4, 0.5) is 5.69 Å². The van der Waals surface area contributed by atoms with Crippen LogP contribution in [-0.2, 0) is 9.59 Å². The van der Waals surface area contributed by atoms with E-state index < -0.39 is 5.97 Å². The number of carbonyl (C=O) groups excluding carboxylic acids is 1. The number of hydrogen-bond acceptors (Lipinski definition) is 3. The summed E-state index contributed by atoms with van der Waals surface area (Å²) in [7, 11) is 0. The van der Waals surface area contributed by atoms with Gasteiger partial charge in [-0.3, -0.25) is 14.5 Å². The van der Waals surface area contributed by atoms with Crippen molar-refractivity contribution in [3.8, 4) is 0 Å². The molecule has 1 atom stereocenters. The molecule has 1 amide bonds. The lowest BCUT2D eigenvalue weighted by atomic mass is 10.1. The van der Waals surface area contributed by atoms with Crippen LogP contribution < -0.4 is 4.90 Å². The van der Waals surface area contributed by atoms with Gasteiger partial charge >= 0.3 is 5.97 Å². The van der Waals surface area contributed by atoms with Crippen LogP contribution in [0.2, 0.25) is 0 Å². The van der Waals surface area contributed by atoms with Gasteiger partial charge in [-0.15, -0.1) is 0 Å². The van der Waals surface area contributed by atoms with E-state index in [0.29, 0.717) is 32.6 Å². The van der Waals surface area contributed by atoms with Crippen LogP contribution in [0.3, 0.4) is 0 Å². The van der Waals surface area contributed by atoms with E-state index in [1.165, 1.54) is 5.56 Å². The fourth-order valence-electron chi connectivity index (χ4n) is 2.89. The summed E-state index contributed by atoms with van der Waals surface area (Å²) >= 11 is 0. The minimum atomic E-state index is -0.763. The highest BCUT2D eigenvalue weighted by Gasteiger charge is 2.30. The molecule has 23 heavy (non-hydrogen) atoms. The summed E-state index contributed by atoms with van der Waals surface area (Å²) in [6.45, 7) is 6.28. The van der Waals surface area contributed by atoms with Crippen molar-refractivity contribution in [1.82, 2.24) is 4.90 Å². The van der Waals surface area contributed by atoms with E-state index in [9.17, 15) is 9.59 Å². The van der Waals surface area contributed by atoms with Crippen molar-refractivity contribution in [3.63, 3.8) is 0 Å². The van der Waals surface area contributed by atoms with Crippen LogP contribution in [0, 0.1) is 12.8 Å². The van der Waals surface area contributed by atoms with E-state index in [-0.39, 0.29) is 11.8 Å². The molecule has 0 saturated carbocycles. The minimum Gasteiger partial charge on any atom is -0.481 e. The summed E-state index contributed by atoms with van der Waals surface area (Å²) in [5.74, 6) is -1.05. The van der Waals surface area contributed by atoms with Gasteiger partial charge in [-0.25, -0.2) is 0 Å². The summed E-state index contributed by atoms with van der Waals surface area (Å²) in [6.07, 6.45) is 2.61. The van der Waals surface area contributed by atoms with Crippen molar-refractivity contribution in [3.05, 3.63) is 29.8 Å². The third-order valence-corrected chi connectivity index (χ3v) is 4.36. The molecule has 0 aromatic heterocycles. The summed E-state index contributed by atoms with van der Waals surface area (Å²) in [5, 5.41) is 9.07. The van der Waals surface area contributed by atoms with Gasteiger partial charge in [0.1, 0.15) is 0 Å². The van der Waals surface area contributed by atoms with Gasteiger partial charge in [-0.2, -0.15) is 0 Å². The number of unbranched alkanes of at least 4 members (excludes halogenated alkanes) is 1. The monoisotopic (exact) mass is 318 g/mol. The van der Waals surface area contributed by atoms with Gasteiger partial charge < -0.3 is 10.0 Å². The third kappa shape index (κ3) is 4.79. The highest BCUT2D eigenvalue weighted by Crippen LogP contribution is 2.19. The van der Waals surface area contributed by atoms with Crippen molar-refractivity contribution in [2.45, 2.75) is 33.1 Å². The van der Waals surface area contributed by atoms with E-state index in [1.54, 1.807) is 0 Å². The van der Waals surface area contributed by atoms with Gasteiger partial charge in [0.05, 0.1) is 12.5 Å². The third-order valence-electron chi connectivity index (χ3n) is 4.36. The average Bonchev–Trinajstić information content (AvgIpc) is 2.98. The number of carbonyl (C=O) groups is 2. The van der Waals surface area contributed by atoms with E-state index >= 15 is 0 Å². The second-order valence-corrected chi connectivity index (χ2v) is 6.29. The number of carboxylic acids is 1. The molecule has 5 nitrogen and oxygen atoms in total. The first-order chi connectivity index (χ1) is 11.0. The maximum Gasteiger partial charge on any atom is 0.307 e. The topological polar surface area (TPSA) is 60.9 Å². The predicted octanol–water partition coefficient (Wildman–Crippen LogP) is 2.53. The molecule has 1 unspecified atom stereocenters. The highest BCUT2D eigenvalue weighted by molar-refractivity contribution is 5.94. The van der Waals surface area contributed by atoms with E-state index in [4.69, 9.17) is 5.11 Å². The molecule has 0 spiro atoms. The molecular formula is C18H26N2O3. The molecule has 1 heterocycles. The predicted molar refractivity (Wildman–Crippen MR) is 90.6 cm³/mol. The molecule has 2 rings (SSSR count). The minimum absolute atomic E-state index is 0.0494. The Bertz CT molecular complexity index is 542. The van der Waals surface area contributed by atoms with Crippen molar-refractivity contribution in [2.75, 3.05) is 31.1 Å². The number of benzene rings is 1. The molecule has 1 fully saturated rings. The molecule has 1 aliphatic rings. The standard InChI is InChI=1S/C18H26N2O3/c1-3-4-10-20(16-7-5-14(2)6-8-16)17(21)13-19-11-9-15(12-19)18(22)23/h5-8,15H,3-4,9-13H2,1-2H3,(H,22,23). The lowest BCUT2D eigenvalue weighted by molar-refractivity contribution is -0.141. The van der Waals surface area contributed by atoms with Crippen LogP contribution in [0.15, 0.2) is 24.3 Å². The molecule has 1 aromatic carbocycles. The maximum absolute atomic E-state index is 12.7. The maximum atomic E-state index is 12.7. The van der Waals surface area contributed by atoms with Crippen LogP contribution in [0.1, 0.15) is 31.7 Å². The fraction of sp³-hybridized carbons (Fsp3) is 0.556. The van der Waals surface area contributed by atoms with E-state index in [0.717, 1.165) is 18.5 Å². The second-order valence-electron chi connectivity index (χ2n) is 6.29. The summed E-state index contributed by atoms with van der Waals surface area (Å²) in [6, 6.07) is 7.98. The summed E-state index contributed by atoms with van der Waals surface area (Å²) in [5.41, 5.74) is 2.09. The zero-order valence-electron chi connectivity index (χ0n) is 14.0. The smallest absolute Gasteiger partial charge is 0.307 e. The van der Waals surface area contributed by atoms with Crippen LogP contribution >= 0.6 is 0 Å². The summed E-state index contributed by atoms with van der Waals surface area (Å²) in [4.78, 5) is 27.5. The average molecular weight is 318 g/mol. The molecule has 126 valence electrons. The number of carboxylic acid groups (broad SMARTS) is 1. The Morgan fingerprint density at radius 1 is 1.30 bits per heavy atom. The lowest BCUT2D eigenvalue weighted by Crippen LogP contribution is -2.40. The fourth-order valence-corrected chi connectivity index (χ4v) is 2.89. The first-order valence-electron chi connectivity index (χ1n) is 8.33. The molecule has 1 aromatic rings. The van der Waals surface area contributed by atoms with Crippen LogP contribution in [-0.4, -0.2) is 48.1 Å². The quantitative estimate of drug-likeness (QED) is 0.839. The number of amides is 1. The normalized spacial score (nSPS) is 18.1. The Labute approximate surface area is 137 Å². The number of nitrogens with zero attached hydrogens (tertiary/aromatic N) is 2. The molecule has 0 bridgehead atoms. The number of aryl methyl sites for hydroxylation is 1. The Morgan fingerprint density at radius 3 is 2.57 bits per heavy atom. The molecule has 1 saturated heterocycles. The van der Waals surface area contributed by atoms with Gasteiger partial charge in [0.2, 0.25) is 5.91 Å². The van der Waals surface area contributed by atoms with Crippen molar-refractivity contribution in [1.29, 1.82) is 0 Å². The molecule has 1 aliphatic heterocycles. The number of rotatable bonds is 7. The van der Waals surface area contributed by atoms with Crippen LogP contribution in [0.25, 0.3) is 0 Å². The lowest BCUT2D eigenvalue weighted by Gasteiger charge is -2.25. The van der Waals surface area contributed by atoms with Crippen molar-refractivity contribution < 1.29 is 14.7 Å². The van der Waals surface area contributed by atoms with Gasteiger partial charge in [-0.1, -0.05) is 31.0 Å². The zero-order valence-corrected chi connectivity index (χ0v) is 14.0. The number of anilines is 1. The van der Waals surface area contributed by atoms with Gasteiger partial charge in [0.25, 0.3) is 0 Å². The van der Waals surface area contributed by atoms with E-state index in [2.05, 4.69) is 6.92 Å². The first kappa shape index (κ1) is 17.5. The Balaban J connectivity index is 2.02. The van der Waals surface area contributed by atoms with Gasteiger partial charge in [0, 0.05) is 18.8 Å². The number of aliphatic carboxylic acids is 1. The second kappa shape index (κ2) is 8.11. The Kier molecular flexibility index (Phi) is 6.16. The first-order valence-corrected chi connectivity index (χ1v) is 8.33. The largest absolute Gasteiger partial charge is 0.481 e. The van der Waals surface area contributed by atoms with Crippen molar-refractivity contribution in [2.24, 2.45) is 5.92 Å². The molecule has 0 aliphatic carbocycles. The Morgan fingerprint density at radius 2 is 2.00 bits per heavy atom. The molecule has 1 N–H and O–H groups in total. The van der Waals surface area contributed by atoms with Gasteiger partial charge in [-0.05, 0) is 38.4 Å². The molecule has 0 radical (unpaired) electrons. The van der Waals surface area contributed by atoms with E-state index in [1.807, 2.05) is 41.0 Å². The van der Waals surface area contributed by atoms with Crippen LogP contribution in [0.5, 0.6) is 0 Å². The molecule has 5 heteroatoms. The zero-order chi connectivity index (χ0) is 16.8. The highest BCUT2D eigenvalue weighted by atomic mass is 16.4. The Hall–Kier alpha value is -1.88. The molecular weight excluding hydrogens is 292 g/mol. The SMILES string of the molecule is CCCCN(C(=O)CN1CCC(C(=O)O)C1)c1ccc(C)cc1. The van der Waals surface area contributed by atoms with Gasteiger partial charge in [0.15, 0.2) is 0 Å². The van der Waals surface area contributed by atoms with Crippen molar-refractivity contribution >= 4 is 17.6 Å². The number of hydrogen-bond donors (Lipinski definition) is 1.